The van der Waals surface area contributed by atoms with Gasteiger partial charge in [0.2, 0.25) is 0 Å². The van der Waals surface area contributed by atoms with Gasteiger partial charge in [-0.3, -0.25) is 14.9 Å². The molecule has 0 spiro atoms. The van der Waals surface area contributed by atoms with Gasteiger partial charge in [-0.1, -0.05) is 53.5 Å². The highest BCUT2D eigenvalue weighted by atomic mass is 35.5. The predicted octanol–water partition coefficient (Wildman–Crippen LogP) is 6.97. The molecule has 1 fully saturated rings. The summed E-state index contributed by atoms with van der Waals surface area (Å²) in [7, 11) is 1.43. The number of imide groups is 2. The zero-order chi connectivity index (χ0) is 30.5. The molecule has 1 aliphatic rings. The number of urea groups is 1. The van der Waals surface area contributed by atoms with Crippen molar-refractivity contribution in [2.24, 2.45) is 0 Å². The lowest BCUT2D eigenvalue weighted by Crippen LogP contribution is -2.54. The van der Waals surface area contributed by atoms with Crippen molar-refractivity contribution in [3.8, 4) is 17.2 Å². The van der Waals surface area contributed by atoms with E-state index in [0.717, 1.165) is 10.5 Å². The maximum absolute atomic E-state index is 14.0. The first kappa shape index (κ1) is 29.6. The van der Waals surface area contributed by atoms with E-state index in [1.54, 1.807) is 66.7 Å². The van der Waals surface area contributed by atoms with Gasteiger partial charge in [0.05, 0.1) is 12.8 Å². The van der Waals surface area contributed by atoms with Crippen molar-refractivity contribution in [1.29, 1.82) is 0 Å². The van der Waals surface area contributed by atoms with Crippen LogP contribution in [0.15, 0.2) is 90.5 Å². The van der Waals surface area contributed by atoms with E-state index in [-0.39, 0.29) is 24.5 Å². The van der Waals surface area contributed by atoms with Crippen LogP contribution in [0.3, 0.4) is 0 Å². The fourth-order valence-electron chi connectivity index (χ4n) is 4.21. The number of ether oxygens (including phenoxy) is 3. The van der Waals surface area contributed by atoms with E-state index in [2.05, 4.69) is 5.32 Å². The van der Waals surface area contributed by atoms with Crippen molar-refractivity contribution < 1.29 is 33.0 Å². The van der Waals surface area contributed by atoms with Gasteiger partial charge < -0.3 is 14.2 Å². The van der Waals surface area contributed by atoms with Crippen LogP contribution >= 0.6 is 23.2 Å². The first-order chi connectivity index (χ1) is 20.7. The SMILES string of the molecule is COc1cc(/C=C2\C(=O)NC(=O)N(c3ccc(OCc4ccc(Cl)cc4Cl)cc3)C2=O)ccc1OCc1ccccc1F. The van der Waals surface area contributed by atoms with Gasteiger partial charge >= 0.3 is 6.03 Å². The number of nitrogens with one attached hydrogen (secondary N) is 1. The zero-order valence-electron chi connectivity index (χ0n) is 22.6. The second-order valence-corrected chi connectivity index (χ2v) is 10.1. The van der Waals surface area contributed by atoms with Crippen LogP contribution in [-0.4, -0.2) is 25.0 Å². The summed E-state index contributed by atoms with van der Waals surface area (Å²) in [6.45, 7) is 0.149. The minimum atomic E-state index is -0.886. The number of methoxy groups -OCH3 is 1. The Kier molecular flexibility index (Phi) is 8.94. The number of hydrogen-bond acceptors (Lipinski definition) is 6. The van der Waals surface area contributed by atoms with Crippen molar-refractivity contribution in [1.82, 2.24) is 5.32 Å². The quantitative estimate of drug-likeness (QED) is 0.160. The minimum absolute atomic E-state index is 0.0276. The van der Waals surface area contributed by atoms with Gasteiger partial charge in [0.1, 0.15) is 30.4 Å². The molecule has 4 aromatic rings. The van der Waals surface area contributed by atoms with Gasteiger partial charge in [-0.05, 0) is 66.2 Å². The van der Waals surface area contributed by atoms with Gasteiger partial charge in [-0.2, -0.15) is 0 Å². The first-order valence-electron chi connectivity index (χ1n) is 12.9. The fourth-order valence-corrected chi connectivity index (χ4v) is 4.68. The number of amides is 4. The Labute approximate surface area is 256 Å². The molecule has 0 radical (unpaired) electrons. The number of barbiturate groups is 1. The molecule has 43 heavy (non-hydrogen) atoms. The van der Waals surface area contributed by atoms with Crippen LogP contribution in [-0.2, 0) is 22.8 Å². The Morgan fingerprint density at radius 1 is 0.837 bits per heavy atom. The van der Waals surface area contributed by atoms with Crippen LogP contribution in [0.1, 0.15) is 16.7 Å². The number of halogens is 3. The third kappa shape index (κ3) is 6.80. The normalized spacial score (nSPS) is 14.1. The Morgan fingerprint density at radius 3 is 2.30 bits per heavy atom. The number of carbonyl (C=O) groups is 3. The molecule has 8 nitrogen and oxygen atoms in total. The number of anilines is 1. The highest BCUT2D eigenvalue weighted by Crippen LogP contribution is 2.31. The highest BCUT2D eigenvalue weighted by molar-refractivity contribution is 6.39. The van der Waals surface area contributed by atoms with E-state index in [9.17, 15) is 18.8 Å². The predicted molar refractivity (Wildman–Crippen MR) is 160 cm³/mol. The molecule has 0 saturated carbocycles. The van der Waals surface area contributed by atoms with Gasteiger partial charge in [0.25, 0.3) is 11.8 Å². The zero-order valence-corrected chi connectivity index (χ0v) is 24.1. The molecular formula is C32H23Cl2FN2O6. The number of rotatable bonds is 9. The average molecular weight is 621 g/mol. The monoisotopic (exact) mass is 620 g/mol. The van der Waals surface area contributed by atoms with E-state index >= 15 is 0 Å². The molecule has 0 atom stereocenters. The Bertz CT molecular complexity index is 1740. The summed E-state index contributed by atoms with van der Waals surface area (Å²) in [6, 6.07) is 21.4. The van der Waals surface area contributed by atoms with Gasteiger partial charge in [0.15, 0.2) is 11.5 Å². The van der Waals surface area contributed by atoms with Crippen LogP contribution in [0.4, 0.5) is 14.9 Å². The molecule has 4 aromatic carbocycles. The second kappa shape index (κ2) is 13.0. The van der Waals surface area contributed by atoms with Gasteiger partial charge in [0, 0.05) is 21.2 Å². The van der Waals surface area contributed by atoms with Crippen LogP contribution in [0.2, 0.25) is 10.0 Å². The molecule has 1 N–H and O–H groups in total. The maximum Gasteiger partial charge on any atom is 0.335 e. The fraction of sp³-hybridized carbons (Fsp3) is 0.0938. The van der Waals surface area contributed by atoms with Crippen molar-refractivity contribution in [2.75, 3.05) is 12.0 Å². The largest absolute Gasteiger partial charge is 0.493 e. The van der Waals surface area contributed by atoms with E-state index < -0.39 is 23.7 Å². The lowest BCUT2D eigenvalue weighted by molar-refractivity contribution is -0.122. The molecule has 0 aliphatic carbocycles. The molecule has 11 heteroatoms. The molecule has 0 bridgehead atoms. The summed E-state index contributed by atoms with van der Waals surface area (Å²) in [6.07, 6.45) is 1.34. The summed E-state index contributed by atoms with van der Waals surface area (Å²) in [4.78, 5) is 39.5. The summed E-state index contributed by atoms with van der Waals surface area (Å²) in [5.74, 6) is -0.939. The van der Waals surface area contributed by atoms with Crippen LogP contribution in [0, 0.1) is 5.82 Å². The first-order valence-corrected chi connectivity index (χ1v) is 13.6. The summed E-state index contributed by atoms with van der Waals surface area (Å²) < 4.78 is 30.9. The number of benzene rings is 4. The number of nitrogens with zero attached hydrogens (tertiary/aromatic N) is 1. The van der Waals surface area contributed by atoms with Crippen LogP contribution in [0.5, 0.6) is 17.2 Å². The topological polar surface area (TPSA) is 94.2 Å². The van der Waals surface area contributed by atoms with Crippen molar-refractivity contribution in [2.45, 2.75) is 13.2 Å². The summed E-state index contributed by atoms with van der Waals surface area (Å²) in [5.41, 5.74) is 1.50. The Hall–Kier alpha value is -4.86. The van der Waals surface area contributed by atoms with Crippen molar-refractivity contribution in [3.63, 3.8) is 0 Å². The molecule has 5 rings (SSSR count). The Morgan fingerprint density at radius 2 is 1.58 bits per heavy atom. The maximum atomic E-state index is 14.0. The average Bonchev–Trinajstić information content (AvgIpc) is 2.99. The van der Waals surface area contributed by atoms with Gasteiger partial charge in [-0.25, -0.2) is 14.1 Å². The second-order valence-electron chi connectivity index (χ2n) is 9.27. The van der Waals surface area contributed by atoms with E-state index in [1.165, 1.54) is 31.4 Å². The summed E-state index contributed by atoms with van der Waals surface area (Å²) in [5, 5.41) is 3.17. The van der Waals surface area contributed by atoms with Crippen molar-refractivity contribution in [3.05, 3.63) is 123 Å². The van der Waals surface area contributed by atoms with E-state index in [4.69, 9.17) is 37.4 Å². The highest BCUT2D eigenvalue weighted by Gasteiger charge is 2.36. The van der Waals surface area contributed by atoms with E-state index in [1.807, 2.05) is 0 Å². The number of carbonyl (C=O) groups excluding carboxylic acids is 3. The molecule has 0 unspecified atom stereocenters. The third-order valence-electron chi connectivity index (χ3n) is 6.45. The molecule has 1 heterocycles. The van der Waals surface area contributed by atoms with Gasteiger partial charge in [-0.15, -0.1) is 0 Å². The van der Waals surface area contributed by atoms with E-state index in [0.29, 0.717) is 38.4 Å². The summed E-state index contributed by atoms with van der Waals surface area (Å²) >= 11 is 12.1. The van der Waals surface area contributed by atoms with Crippen LogP contribution in [0.25, 0.3) is 6.08 Å². The molecule has 218 valence electrons. The standard InChI is InChI=1S/C32H23Cl2FN2O6/c1-41-29-15-19(6-13-28(29)43-18-21-4-2-3-5-27(21)35)14-25-30(38)36-32(40)37(31(25)39)23-9-11-24(12-10-23)42-17-20-7-8-22(33)16-26(20)34/h2-16H,17-18H2,1H3,(H,36,38,40)/b25-14+. The van der Waals surface area contributed by atoms with Crippen molar-refractivity contribution >= 4 is 52.8 Å². The molecule has 1 aliphatic heterocycles. The minimum Gasteiger partial charge on any atom is -0.493 e. The molecule has 1 saturated heterocycles. The number of hydrogen-bond donors (Lipinski definition) is 1. The lowest BCUT2D eigenvalue weighted by Gasteiger charge is -2.26. The smallest absolute Gasteiger partial charge is 0.335 e. The molecule has 4 amide bonds. The third-order valence-corrected chi connectivity index (χ3v) is 7.03. The van der Waals surface area contributed by atoms with Crippen LogP contribution < -0.4 is 24.4 Å². The molecular weight excluding hydrogens is 598 g/mol. The Balaban J connectivity index is 1.31. The lowest BCUT2D eigenvalue weighted by atomic mass is 10.1. The molecule has 0 aromatic heterocycles.